The normalized spacial score (nSPS) is 11.6. The second kappa shape index (κ2) is 6.82. The summed E-state index contributed by atoms with van der Waals surface area (Å²) in [4.78, 5) is 30.5. The van der Waals surface area contributed by atoms with E-state index < -0.39 is 10.8 Å². The minimum Gasteiger partial charge on any atom is -0.495 e. The number of amides is 1. The van der Waals surface area contributed by atoms with E-state index in [0.29, 0.717) is 11.4 Å². The molecule has 8 nitrogen and oxygen atoms in total. The number of aryl methyl sites for hydroxylation is 1. The van der Waals surface area contributed by atoms with Crippen LogP contribution in [0.3, 0.4) is 0 Å². The van der Waals surface area contributed by atoms with Gasteiger partial charge in [-0.3, -0.25) is 24.9 Å². The third-order valence-electron chi connectivity index (χ3n) is 3.38. The first-order chi connectivity index (χ1) is 10.9. The molecule has 1 amide bonds. The Morgan fingerprint density at radius 2 is 2.17 bits per heavy atom. The van der Waals surface area contributed by atoms with Gasteiger partial charge in [0.2, 0.25) is 0 Å². The number of rotatable bonds is 5. The van der Waals surface area contributed by atoms with Gasteiger partial charge < -0.3 is 10.1 Å². The largest absolute Gasteiger partial charge is 0.495 e. The molecule has 0 unspecified atom stereocenters. The van der Waals surface area contributed by atoms with E-state index in [9.17, 15) is 14.9 Å². The van der Waals surface area contributed by atoms with Crippen LogP contribution in [0.5, 0.6) is 5.75 Å². The van der Waals surface area contributed by atoms with Crippen molar-refractivity contribution < 1.29 is 14.5 Å². The monoisotopic (exact) mass is 316 g/mol. The highest BCUT2D eigenvalue weighted by molar-refractivity contribution is 5.96. The predicted molar refractivity (Wildman–Crippen MR) is 82.3 cm³/mol. The lowest BCUT2D eigenvalue weighted by Crippen LogP contribution is -2.28. The molecule has 2 rings (SSSR count). The SMILES string of the molecule is COc1cnccc1[C@@H](C)NC(=O)c1cc([N+](=O)[O-])cnc1C. The number of hydrogen-bond donors (Lipinski definition) is 1. The summed E-state index contributed by atoms with van der Waals surface area (Å²) < 4.78 is 5.21. The summed E-state index contributed by atoms with van der Waals surface area (Å²) >= 11 is 0. The minimum atomic E-state index is -0.585. The van der Waals surface area contributed by atoms with Gasteiger partial charge in [-0.15, -0.1) is 0 Å². The average molecular weight is 316 g/mol. The average Bonchev–Trinajstić information content (AvgIpc) is 2.54. The molecule has 120 valence electrons. The fourth-order valence-corrected chi connectivity index (χ4v) is 2.12. The molecule has 1 N–H and O–H groups in total. The molecule has 0 radical (unpaired) electrons. The Hall–Kier alpha value is -3.03. The Bertz CT molecular complexity index is 748. The first-order valence-electron chi connectivity index (χ1n) is 6.83. The van der Waals surface area contributed by atoms with E-state index in [1.54, 1.807) is 32.3 Å². The van der Waals surface area contributed by atoms with Crippen molar-refractivity contribution in [3.8, 4) is 5.75 Å². The first-order valence-corrected chi connectivity index (χ1v) is 6.83. The zero-order valence-corrected chi connectivity index (χ0v) is 12.9. The number of hydrogen-bond acceptors (Lipinski definition) is 6. The number of aromatic nitrogens is 2. The van der Waals surface area contributed by atoms with Crippen molar-refractivity contribution in [3.63, 3.8) is 0 Å². The molecule has 0 saturated heterocycles. The summed E-state index contributed by atoms with van der Waals surface area (Å²) in [7, 11) is 1.52. The summed E-state index contributed by atoms with van der Waals surface area (Å²) in [5.41, 5.74) is 1.11. The highest BCUT2D eigenvalue weighted by atomic mass is 16.6. The van der Waals surface area contributed by atoms with Gasteiger partial charge in [-0.2, -0.15) is 0 Å². The Morgan fingerprint density at radius 3 is 2.83 bits per heavy atom. The van der Waals surface area contributed by atoms with Gasteiger partial charge in [-0.25, -0.2) is 0 Å². The number of nitrogens with zero attached hydrogens (tertiary/aromatic N) is 3. The molecule has 0 bridgehead atoms. The van der Waals surface area contributed by atoms with E-state index in [1.807, 2.05) is 0 Å². The third kappa shape index (κ3) is 3.60. The molecule has 0 saturated carbocycles. The molecule has 23 heavy (non-hydrogen) atoms. The Kier molecular flexibility index (Phi) is 4.85. The molecule has 8 heteroatoms. The number of methoxy groups -OCH3 is 1. The van der Waals surface area contributed by atoms with Crippen molar-refractivity contribution in [2.75, 3.05) is 7.11 Å². The van der Waals surface area contributed by atoms with Gasteiger partial charge >= 0.3 is 0 Å². The van der Waals surface area contributed by atoms with Crippen LogP contribution in [0.15, 0.2) is 30.7 Å². The maximum Gasteiger partial charge on any atom is 0.288 e. The summed E-state index contributed by atoms with van der Waals surface area (Å²) in [5.74, 6) is 0.110. The van der Waals surface area contributed by atoms with Crippen LogP contribution in [-0.4, -0.2) is 27.9 Å². The molecular formula is C15H16N4O4. The number of nitrogens with one attached hydrogen (secondary N) is 1. The van der Waals surface area contributed by atoms with Crippen LogP contribution in [0.25, 0.3) is 0 Å². The lowest BCUT2D eigenvalue weighted by molar-refractivity contribution is -0.385. The fraction of sp³-hybridized carbons (Fsp3) is 0.267. The topological polar surface area (TPSA) is 107 Å². The van der Waals surface area contributed by atoms with Crippen molar-refractivity contribution in [1.82, 2.24) is 15.3 Å². The van der Waals surface area contributed by atoms with Crippen molar-refractivity contribution in [3.05, 3.63) is 57.7 Å². The second-order valence-corrected chi connectivity index (χ2v) is 4.90. The Balaban J connectivity index is 2.25. The Morgan fingerprint density at radius 1 is 1.43 bits per heavy atom. The molecule has 0 fully saturated rings. The molecule has 0 aromatic carbocycles. The zero-order chi connectivity index (χ0) is 17.0. The van der Waals surface area contributed by atoms with E-state index in [-0.39, 0.29) is 17.3 Å². The molecule has 2 aromatic rings. The van der Waals surface area contributed by atoms with E-state index in [4.69, 9.17) is 4.74 Å². The molecule has 0 aliphatic carbocycles. The third-order valence-corrected chi connectivity index (χ3v) is 3.38. The van der Waals surface area contributed by atoms with Crippen LogP contribution >= 0.6 is 0 Å². The van der Waals surface area contributed by atoms with Crippen molar-refractivity contribution >= 4 is 11.6 Å². The first kappa shape index (κ1) is 16.3. The molecule has 1 atom stereocenters. The lowest BCUT2D eigenvalue weighted by atomic mass is 10.1. The van der Waals surface area contributed by atoms with Crippen LogP contribution in [0, 0.1) is 17.0 Å². The van der Waals surface area contributed by atoms with Gasteiger partial charge in [0.1, 0.15) is 11.9 Å². The quantitative estimate of drug-likeness (QED) is 0.669. The predicted octanol–water partition coefficient (Wildman–Crippen LogP) is 2.19. The number of nitro groups is 1. The van der Waals surface area contributed by atoms with Crippen molar-refractivity contribution in [2.24, 2.45) is 0 Å². The van der Waals surface area contributed by atoms with Crippen molar-refractivity contribution in [2.45, 2.75) is 19.9 Å². The smallest absolute Gasteiger partial charge is 0.288 e. The maximum atomic E-state index is 12.4. The zero-order valence-electron chi connectivity index (χ0n) is 12.9. The second-order valence-electron chi connectivity index (χ2n) is 4.90. The number of carbonyl (C=O) groups is 1. The number of pyridine rings is 2. The Labute approximate surface area is 132 Å². The van der Waals surface area contributed by atoms with E-state index in [1.165, 1.54) is 13.2 Å². The standard InChI is InChI=1S/C15H16N4O4/c1-9-13(6-11(7-17-9)19(21)22)15(20)18-10(2)12-4-5-16-8-14(12)23-3/h4-8,10H,1-3H3,(H,18,20)/t10-/m1/s1. The molecular weight excluding hydrogens is 300 g/mol. The minimum absolute atomic E-state index is 0.166. The van der Waals surface area contributed by atoms with Crippen molar-refractivity contribution in [1.29, 1.82) is 0 Å². The molecule has 2 heterocycles. The molecule has 0 aliphatic heterocycles. The van der Waals surface area contributed by atoms with Gasteiger partial charge in [-0.05, 0) is 19.9 Å². The number of ether oxygens (including phenoxy) is 1. The summed E-state index contributed by atoms with van der Waals surface area (Å²) in [5, 5.41) is 13.6. The van der Waals surface area contributed by atoms with E-state index >= 15 is 0 Å². The van der Waals surface area contributed by atoms with Crippen LogP contribution < -0.4 is 10.1 Å². The van der Waals surface area contributed by atoms with Crippen LogP contribution in [0.2, 0.25) is 0 Å². The van der Waals surface area contributed by atoms with Crippen LogP contribution in [0.1, 0.15) is 34.6 Å². The molecule has 0 aliphatic rings. The number of carbonyl (C=O) groups excluding carboxylic acids is 1. The van der Waals surface area contributed by atoms with Gasteiger partial charge in [0.25, 0.3) is 11.6 Å². The van der Waals surface area contributed by atoms with Gasteiger partial charge in [0, 0.05) is 17.8 Å². The van der Waals surface area contributed by atoms with E-state index in [2.05, 4.69) is 15.3 Å². The van der Waals surface area contributed by atoms with E-state index in [0.717, 1.165) is 11.8 Å². The molecule has 2 aromatic heterocycles. The molecule has 0 spiro atoms. The van der Waals surface area contributed by atoms with Gasteiger partial charge in [0.15, 0.2) is 0 Å². The summed E-state index contributed by atoms with van der Waals surface area (Å²) in [6.45, 7) is 3.41. The lowest BCUT2D eigenvalue weighted by Gasteiger charge is -2.17. The van der Waals surface area contributed by atoms with Crippen LogP contribution in [-0.2, 0) is 0 Å². The maximum absolute atomic E-state index is 12.4. The van der Waals surface area contributed by atoms with Gasteiger partial charge in [0.05, 0.1) is 35.5 Å². The van der Waals surface area contributed by atoms with Gasteiger partial charge in [-0.1, -0.05) is 0 Å². The highest BCUT2D eigenvalue weighted by Crippen LogP contribution is 2.24. The fourth-order valence-electron chi connectivity index (χ4n) is 2.12. The van der Waals surface area contributed by atoms with Crippen LogP contribution in [0.4, 0.5) is 5.69 Å². The highest BCUT2D eigenvalue weighted by Gasteiger charge is 2.19. The summed E-state index contributed by atoms with van der Waals surface area (Å²) in [6.07, 6.45) is 4.28. The summed E-state index contributed by atoms with van der Waals surface area (Å²) in [6, 6.07) is 2.59.